The summed E-state index contributed by atoms with van der Waals surface area (Å²) in [5, 5.41) is 0.293. The van der Waals surface area contributed by atoms with Crippen LogP contribution in [0.3, 0.4) is 0 Å². The van der Waals surface area contributed by atoms with Crippen molar-refractivity contribution in [3.8, 4) is 0 Å². The molecule has 6 nitrogen and oxygen atoms in total. The van der Waals surface area contributed by atoms with Crippen molar-refractivity contribution in [2.75, 3.05) is 0 Å². The van der Waals surface area contributed by atoms with Crippen molar-refractivity contribution in [1.82, 2.24) is 0 Å². The third-order valence-electron chi connectivity index (χ3n) is 2.41. The zero-order valence-electron chi connectivity index (χ0n) is 11.0. The Morgan fingerprint density at radius 1 is 0.857 bits per heavy atom. The molecule has 2 aromatic rings. The fourth-order valence-electron chi connectivity index (χ4n) is 1.63. The summed E-state index contributed by atoms with van der Waals surface area (Å²) >= 11 is 1.94. The Morgan fingerprint density at radius 2 is 1.43 bits per heavy atom. The number of halogens is 1. The Bertz CT molecular complexity index is 880. The Balaban J connectivity index is 0.00000200. The van der Waals surface area contributed by atoms with Crippen LogP contribution in [0.5, 0.6) is 0 Å². The van der Waals surface area contributed by atoms with Crippen molar-refractivity contribution in [3.05, 3.63) is 33.9 Å². The van der Waals surface area contributed by atoms with Crippen LogP contribution >= 0.6 is 22.6 Å². The van der Waals surface area contributed by atoms with E-state index >= 15 is 0 Å². The van der Waals surface area contributed by atoms with E-state index in [-0.39, 0.29) is 69.9 Å². The van der Waals surface area contributed by atoms with Crippen molar-refractivity contribution in [2.24, 2.45) is 0 Å². The molecule has 2 aromatic carbocycles. The fraction of sp³-hybridized carbons (Fsp3) is 0. The molecule has 0 saturated heterocycles. The molecule has 0 aromatic heterocycles. The Kier molecular flexibility index (Phi) is 8.35. The van der Waals surface area contributed by atoms with Gasteiger partial charge in [0.1, 0.15) is 20.2 Å². The summed E-state index contributed by atoms with van der Waals surface area (Å²) in [7, 11) is -9.73. The number of hydrogen-bond donors (Lipinski definition) is 0. The SMILES string of the molecule is O=S(=O)([O-])c1cc(S(=O)(=O)[O-])c2ccc(I)cc2c1.[Na+].[Na+]. The van der Waals surface area contributed by atoms with Crippen molar-refractivity contribution in [3.63, 3.8) is 0 Å². The Morgan fingerprint density at radius 3 is 1.90 bits per heavy atom. The van der Waals surface area contributed by atoms with Crippen molar-refractivity contribution >= 4 is 53.6 Å². The van der Waals surface area contributed by atoms with E-state index in [2.05, 4.69) is 0 Å². The molecule has 0 unspecified atom stereocenters. The molecule has 0 fully saturated rings. The van der Waals surface area contributed by atoms with Crippen molar-refractivity contribution in [1.29, 1.82) is 0 Å². The minimum Gasteiger partial charge on any atom is -0.744 e. The predicted molar refractivity (Wildman–Crippen MR) is 72.6 cm³/mol. The first-order chi connectivity index (χ1) is 8.59. The second-order valence-electron chi connectivity index (χ2n) is 3.70. The third-order valence-corrected chi connectivity index (χ3v) is 4.77. The molecule has 0 amide bonds. The zero-order valence-corrected chi connectivity index (χ0v) is 18.8. The summed E-state index contributed by atoms with van der Waals surface area (Å²) in [5.41, 5.74) is 0. The van der Waals surface area contributed by atoms with Crippen LogP contribution in [0.25, 0.3) is 10.8 Å². The van der Waals surface area contributed by atoms with Crippen LogP contribution in [0.15, 0.2) is 40.1 Å². The molecule has 0 saturated carbocycles. The molecule has 0 bridgehead atoms. The van der Waals surface area contributed by atoms with E-state index in [0.29, 0.717) is 9.64 Å². The van der Waals surface area contributed by atoms with E-state index < -0.39 is 30.0 Å². The van der Waals surface area contributed by atoms with Crippen LogP contribution in [0.2, 0.25) is 0 Å². The van der Waals surface area contributed by atoms with Crippen LogP contribution < -0.4 is 59.1 Å². The molecule has 21 heavy (non-hydrogen) atoms. The molecular weight excluding hydrogens is 453 g/mol. The van der Waals surface area contributed by atoms with E-state index in [9.17, 15) is 25.9 Å². The zero-order chi connectivity index (χ0) is 14.4. The van der Waals surface area contributed by atoms with Crippen molar-refractivity contribution in [2.45, 2.75) is 9.79 Å². The molecule has 0 aliphatic heterocycles. The number of benzene rings is 2. The topological polar surface area (TPSA) is 114 Å². The maximum Gasteiger partial charge on any atom is 1.00 e. The van der Waals surface area contributed by atoms with E-state index in [0.717, 1.165) is 6.07 Å². The van der Waals surface area contributed by atoms with Gasteiger partial charge in [0, 0.05) is 3.57 Å². The first-order valence-electron chi connectivity index (χ1n) is 4.74. The summed E-state index contributed by atoms with van der Waals surface area (Å²) in [6, 6.07) is 6.10. The van der Waals surface area contributed by atoms with Gasteiger partial charge in [0.05, 0.1) is 9.79 Å². The molecule has 0 radical (unpaired) electrons. The molecular formula is C10H5INa2O6S2. The van der Waals surface area contributed by atoms with Gasteiger partial charge >= 0.3 is 59.1 Å². The van der Waals surface area contributed by atoms with E-state index in [4.69, 9.17) is 0 Å². The predicted octanol–water partition coefficient (Wildman–Crippen LogP) is -4.74. The first kappa shape index (κ1) is 22.2. The molecule has 0 N–H and O–H groups in total. The van der Waals surface area contributed by atoms with E-state index in [1.807, 2.05) is 22.6 Å². The maximum absolute atomic E-state index is 11.2. The molecule has 0 aliphatic rings. The molecule has 11 heteroatoms. The van der Waals surface area contributed by atoms with Crippen LogP contribution in [-0.4, -0.2) is 25.9 Å². The summed E-state index contributed by atoms with van der Waals surface area (Å²) in [6.45, 7) is 0. The maximum atomic E-state index is 11.2. The number of rotatable bonds is 2. The van der Waals surface area contributed by atoms with Gasteiger partial charge in [-0.05, 0) is 57.6 Å². The van der Waals surface area contributed by atoms with Crippen LogP contribution in [0.4, 0.5) is 0 Å². The minimum absolute atomic E-state index is 0. The monoisotopic (exact) mass is 458 g/mol. The van der Waals surface area contributed by atoms with Gasteiger partial charge in [-0.25, -0.2) is 16.8 Å². The molecule has 0 atom stereocenters. The average Bonchev–Trinajstić information content (AvgIpc) is 2.24. The van der Waals surface area contributed by atoms with Crippen LogP contribution in [-0.2, 0) is 20.2 Å². The quantitative estimate of drug-likeness (QED) is 0.254. The standard InChI is InChI=1S/C10H7IO6S2.2Na/c11-7-1-2-9-6(3-7)4-8(18(12,13)14)5-10(9)19(15,16)17;;/h1-5H,(H,12,13,14)(H,15,16,17);;/q;2*+1/p-2. The van der Waals surface area contributed by atoms with Gasteiger partial charge in [0.2, 0.25) is 0 Å². The molecule has 102 valence electrons. The van der Waals surface area contributed by atoms with Crippen LogP contribution in [0.1, 0.15) is 0 Å². The Hall–Kier alpha value is 1.25. The fourth-order valence-corrected chi connectivity index (χ4v) is 3.48. The molecule has 2 rings (SSSR count). The Labute approximate surface area is 179 Å². The summed E-state index contributed by atoms with van der Waals surface area (Å²) in [4.78, 5) is -1.45. The van der Waals surface area contributed by atoms with E-state index in [1.165, 1.54) is 12.1 Å². The van der Waals surface area contributed by atoms with Gasteiger partial charge in [-0.3, -0.25) is 0 Å². The van der Waals surface area contributed by atoms with Crippen molar-refractivity contribution < 1.29 is 85.1 Å². The third kappa shape index (κ3) is 5.38. The van der Waals surface area contributed by atoms with E-state index in [1.54, 1.807) is 6.07 Å². The second kappa shape index (κ2) is 7.88. The molecule has 0 spiro atoms. The first-order valence-corrected chi connectivity index (χ1v) is 8.64. The largest absolute Gasteiger partial charge is 1.00 e. The van der Waals surface area contributed by atoms with Gasteiger partial charge in [-0.15, -0.1) is 0 Å². The smallest absolute Gasteiger partial charge is 0.744 e. The van der Waals surface area contributed by atoms with Gasteiger partial charge in [-0.1, -0.05) is 6.07 Å². The van der Waals surface area contributed by atoms with Gasteiger partial charge in [0.15, 0.2) is 0 Å². The van der Waals surface area contributed by atoms with Gasteiger partial charge in [0.25, 0.3) is 0 Å². The van der Waals surface area contributed by atoms with Gasteiger partial charge in [-0.2, -0.15) is 0 Å². The summed E-state index contributed by atoms with van der Waals surface area (Å²) < 4.78 is 67.1. The normalized spacial score (nSPS) is 11.6. The van der Waals surface area contributed by atoms with Crippen LogP contribution in [0, 0.1) is 3.57 Å². The molecule has 0 heterocycles. The molecule has 0 aliphatic carbocycles. The minimum atomic E-state index is -4.88. The number of hydrogen-bond acceptors (Lipinski definition) is 6. The second-order valence-corrected chi connectivity index (χ2v) is 7.67. The summed E-state index contributed by atoms with van der Waals surface area (Å²) in [5.74, 6) is 0. The average molecular weight is 458 g/mol. The number of fused-ring (bicyclic) bond motifs is 1. The van der Waals surface area contributed by atoms with Gasteiger partial charge < -0.3 is 9.11 Å². The summed E-state index contributed by atoms with van der Waals surface area (Å²) in [6.07, 6.45) is 0.